The van der Waals surface area contributed by atoms with Gasteiger partial charge >= 0.3 is 28.8 Å². The zero-order valence-corrected chi connectivity index (χ0v) is 8.23. The molecule has 1 rings (SSSR count). The van der Waals surface area contributed by atoms with Crippen LogP contribution in [-0.2, 0) is 35.0 Å². The van der Waals surface area contributed by atoms with Crippen molar-refractivity contribution in [2.75, 3.05) is 0 Å². The van der Waals surface area contributed by atoms with E-state index in [0.717, 1.165) is 12.1 Å². The van der Waals surface area contributed by atoms with Crippen LogP contribution in [0.15, 0.2) is 24.3 Å². The van der Waals surface area contributed by atoms with Gasteiger partial charge in [-0.15, -0.1) is 0 Å². The van der Waals surface area contributed by atoms with Crippen LogP contribution in [-0.4, -0.2) is 0 Å². The van der Waals surface area contributed by atoms with Crippen molar-refractivity contribution in [3.8, 4) is 0 Å². The number of rotatable bonds is 0. The first-order valence-electron chi connectivity index (χ1n) is 2.80. The molecule has 0 saturated carbocycles. The first kappa shape index (κ1) is 18.9. The molecule has 2 nitrogen and oxygen atoms in total. The van der Waals surface area contributed by atoms with Crippen LogP contribution in [0.4, 0.5) is 13.2 Å². The molecular weight excluding hydrogens is 288 g/mol. The van der Waals surface area contributed by atoms with Gasteiger partial charge in [-0.05, 0) is 0 Å². The van der Waals surface area contributed by atoms with E-state index in [1.807, 2.05) is 0 Å². The van der Waals surface area contributed by atoms with Crippen molar-refractivity contribution in [2.24, 2.45) is 0 Å². The summed E-state index contributed by atoms with van der Waals surface area (Å²) in [5.41, 5.74) is -0.581. The van der Waals surface area contributed by atoms with E-state index >= 15 is 0 Å². The Balaban J connectivity index is -0.000000216. The number of halogens is 3. The van der Waals surface area contributed by atoms with Gasteiger partial charge in [0.05, 0.1) is 0 Å². The first-order valence-corrected chi connectivity index (χ1v) is 2.80. The fourth-order valence-electron chi connectivity index (χ4n) is 0.563. The van der Waals surface area contributed by atoms with Crippen LogP contribution in [0.1, 0.15) is 5.56 Å². The van der Waals surface area contributed by atoms with Gasteiger partial charge in [0.2, 0.25) is 0 Å². The molecule has 6 heteroatoms. The van der Waals surface area contributed by atoms with Crippen LogP contribution in [0.3, 0.4) is 0 Å². The van der Waals surface area contributed by atoms with Crippen LogP contribution in [0.2, 0.25) is 0 Å². The monoisotopic (exact) mass is 292 g/mol. The second kappa shape index (κ2) is 10.3. The van der Waals surface area contributed by atoms with Gasteiger partial charge in [0.1, 0.15) is 0 Å². The molecule has 79 valence electrons. The van der Waals surface area contributed by atoms with Gasteiger partial charge in [0.25, 0.3) is 0 Å². The quantitative estimate of drug-likeness (QED) is 0.400. The van der Waals surface area contributed by atoms with E-state index in [0.29, 0.717) is 0 Å². The molecular formula is C8H4F3O2Rh-. The molecule has 0 unspecified atom stereocenters. The molecule has 1 radical (unpaired) electrons. The summed E-state index contributed by atoms with van der Waals surface area (Å²) in [7, 11) is 0. The summed E-state index contributed by atoms with van der Waals surface area (Å²) in [6.45, 7) is 9.00. The van der Waals surface area contributed by atoms with Crippen molar-refractivity contribution >= 4 is 0 Å². The topological polar surface area (TPSA) is 39.8 Å². The molecule has 0 bridgehead atoms. The van der Waals surface area contributed by atoms with Gasteiger partial charge in [0, 0.05) is 19.5 Å². The van der Waals surface area contributed by atoms with Crippen molar-refractivity contribution in [3.63, 3.8) is 0 Å². The van der Waals surface area contributed by atoms with Crippen molar-refractivity contribution in [3.05, 3.63) is 43.1 Å². The molecule has 1 aromatic rings. The minimum absolute atomic E-state index is 0. The SMILES string of the molecule is FC(F)(F)[c-]1cccc1.[C-]#[O+].[C-]#[O+].[Rh]. The molecule has 1 aromatic carbocycles. The van der Waals surface area contributed by atoms with Crippen LogP contribution in [0, 0.1) is 13.3 Å². The predicted octanol–water partition coefficient (Wildman–Crippen LogP) is 2.35. The molecule has 0 N–H and O–H groups in total. The Morgan fingerprint density at radius 1 is 0.929 bits per heavy atom. The van der Waals surface area contributed by atoms with Crippen molar-refractivity contribution in [1.82, 2.24) is 0 Å². The summed E-state index contributed by atoms with van der Waals surface area (Å²) < 4.78 is 49.9. The maximum atomic E-state index is 11.6. The van der Waals surface area contributed by atoms with E-state index in [4.69, 9.17) is 9.30 Å². The normalized spacial score (nSPS) is 7.93. The van der Waals surface area contributed by atoms with Crippen molar-refractivity contribution < 1.29 is 42.0 Å². The Bertz CT molecular complexity index is 243. The summed E-state index contributed by atoms with van der Waals surface area (Å²) in [5.74, 6) is 0. The number of alkyl halides is 3. The smallest absolute Gasteiger partial charge is 0 e. The minimum Gasteiger partial charge on any atom is 0 e. The van der Waals surface area contributed by atoms with E-state index in [9.17, 15) is 13.2 Å². The predicted molar refractivity (Wildman–Crippen MR) is 34.9 cm³/mol. The second-order valence-electron chi connectivity index (χ2n) is 1.67. The molecule has 0 heterocycles. The Morgan fingerprint density at radius 2 is 1.21 bits per heavy atom. The van der Waals surface area contributed by atoms with Gasteiger partial charge in [-0.1, -0.05) is 5.56 Å². The zero-order valence-electron chi connectivity index (χ0n) is 6.59. The molecule has 0 spiro atoms. The molecule has 0 fully saturated rings. The van der Waals surface area contributed by atoms with E-state index < -0.39 is 11.7 Å². The molecule has 0 aromatic heterocycles. The van der Waals surface area contributed by atoms with E-state index in [-0.39, 0.29) is 19.5 Å². The number of hydrogen-bond acceptors (Lipinski definition) is 0. The third-order valence-electron chi connectivity index (χ3n) is 0.990. The molecule has 0 aliphatic heterocycles. The molecule has 0 amide bonds. The maximum absolute atomic E-state index is 11.6. The average Bonchev–Trinajstić information content (AvgIpc) is 2.63. The first-order chi connectivity index (χ1) is 6.11. The van der Waals surface area contributed by atoms with Crippen LogP contribution >= 0.6 is 0 Å². The van der Waals surface area contributed by atoms with Crippen LogP contribution in [0.5, 0.6) is 0 Å². The summed E-state index contributed by atoms with van der Waals surface area (Å²) in [5, 5.41) is 0. The number of hydrogen-bond donors (Lipinski definition) is 0. The van der Waals surface area contributed by atoms with Crippen LogP contribution < -0.4 is 0 Å². The Hall–Kier alpha value is -0.757. The van der Waals surface area contributed by atoms with Gasteiger partial charge in [0.15, 0.2) is 0 Å². The zero-order chi connectivity index (χ0) is 10.9. The summed E-state index contributed by atoms with van der Waals surface area (Å²) in [4.78, 5) is 0. The summed E-state index contributed by atoms with van der Waals surface area (Å²) in [6, 6.07) is 4.81. The minimum atomic E-state index is -4.18. The van der Waals surface area contributed by atoms with Gasteiger partial charge in [-0.3, -0.25) is 0 Å². The molecule has 0 aliphatic carbocycles. The van der Waals surface area contributed by atoms with E-state index in [2.05, 4.69) is 13.3 Å². The summed E-state index contributed by atoms with van der Waals surface area (Å²) >= 11 is 0. The third kappa shape index (κ3) is 7.87. The largest absolute Gasteiger partial charge is 0 e. The third-order valence-corrected chi connectivity index (χ3v) is 0.990. The van der Waals surface area contributed by atoms with Crippen molar-refractivity contribution in [2.45, 2.75) is 6.18 Å². The van der Waals surface area contributed by atoms with Gasteiger partial charge in [-0.2, -0.15) is 25.3 Å². The van der Waals surface area contributed by atoms with Crippen molar-refractivity contribution in [1.29, 1.82) is 0 Å². The Morgan fingerprint density at radius 3 is 1.36 bits per heavy atom. The average molecular weight is 292 g/mol. The van der Waals surface area contributed by atoms with Gasteiger partial charge < -0.3 is 0 Å². The molecule has 14 heavy (non-hydrogen) atoms. The maximum Gasteiger partial charge on any atom is 0 e. The second-order valence-corrected chi connectivity index (χ2v) is 1.67. The fourth-order valence-corrected chi connectivity index (χ4v) is 0.563. The standard InChI is InChI=1S/C6H4F3.2CO.Rh/c7-6(8,9)5-3-1-2-4-5;2*1-2;/h1-4H;;;/q-1;;;. The van der Waals surface area contributed by atoms with E-state index in [1.165, 1.54) is 12.1 Å². The van der Waals surface area contributed by atoms with Crippen LogP contribution in [0.25, 0.3) is 0 Å². The molecule has 0 atom stereocenters. The van der Waals surface area contributed by atoms with E-state index in [1.54, 1.807) is 0 Å². The summed E-state index contributed by atoms with van der Waals surface area (Å²) in [6.07, 6.45) is -4.18. The van der Waals surface area contributed by atoms with Gasteiger partial charge in [-0.25, -0.2) is 12.1 Å². The Kier molecular flexibility index (Phi) is 14.0. The molecule has 0 aliphatic rings. The Labute approximate surface area is 91.7 Å². The fraction of sp³-hybridized carbons (Fsp3) is 0.125. The molecule has 0 saturated heterocycles.